The Morgan fingerprint density at radius 1 is 1.12 bits per heavy atom. The summed E-state index contributed by atoms with van der Waals surface area (Å²) in [6, 6.07) is 13.8. The smallest absolute Gasteiger partial charge is 0.262 e. The third kappa shape index (κ3) is 5.70. The molecule has 0 fully saturated rings. The highest BCUT2D eigenvalue weighted by atomic mass is 32.2. The topological polar surface area (TPSA) is 79.5 Å². The predicted octanol–water partition coefficient (Wildman–Crippen LogP) is 2.73. The maximum Gasteiger partial charge on any atom is 0.262 e. The standard InChI is InChI=1S/C17H21N3O3S2/c1-13-8-9-15(19-17(24)18-10-11-23-2)12-16(13)25(21,22)20-14-6-4-3-5-7-14/h3-9,12,20H,10-11H2,1-2H3,(H2,18,19,24). The molecule has 0 radical (unpaired) electrons. The summed E-state index contributed by atoms with van der Waals surface area (Å²) in [7, 11) is -2.09. The molecule has 0 saturated carbocycles. The maximum atomic E-state index is 12.7. The first-order valence-electron chi connectivity index (χ1n) is 7.64. The van der Waals surface area contributed by atoms with Crippen molar-refractivity contribution in [2.45, 2.75) is 11.8 Å². The third-order valence-electron chi connectivity index (χ3n) is 3.35. The molecule has 0 aliphatic heterocycles. The zero-order valence-electron chi connectivity index (χ0n) is 14.1. The Morgan fingerprint density at radius 3 is 2.52 bits per heavy atom. The van der Waals surface area contributed by atoms with Crippen molar-refractivity contribution in [3.05, 3.63) is 54.1 Å². The van der Waals surface area contributed by atoms with E-state index in [1.807, 2.05) is 6.07 Å². The number of anilines is 2. The molecule has 2 aromatic rings. The zero-order valence-corrected chi connectivity index (χ0v) is 15.7. The molecule has 0 aliphatic rings. The number of methoxy groups -OCH3 is 1. The van der Waals surface area contributed by atoms with Gasteiger partial charge in [0.15, 0.2) is 5.11 Å². The number of hydrogen-bond acceptors (Lipinski definition) is 4. The van der Waals surface area contributed by atoms with Crippen LogP contribution in [0.3, 0.4) is 0 Å². The van der Waals surface area contributed by atoms with Gasteiger partial charge in [0.05, 0.1) is 11.5 Å². The second-order valence-electron chi connectivity index (χ2n) is 5.33. The molecule has 25 heavy (non-hydrogen) atoms. The average Bonchev–Trinajstić information content (AvgIpc) is 2.57. The quantitative estimate of drug-likeness (QED) is 0.507. The molecule has 6 nitrogen and oxygen atoms in total. The Labute approximate surface area is 153 Å². The van der Waals surface area contributed by atoms with Crippen LogP contribution in [-0.2, 0) is 14.8 Å². The third-order valence-corrected chi connectivity index (χ3v) is 5.12. The zero-order chi connectivity index (χ0) is 18.3. The molecular formula is C17H21N3O3S2. The van der Waals surface area contributed by atoms with E-state index >= 15 is 0 Å². The molecule has 0 saturated heterocycles. The van der Waals surface area contributed by atoms with Crippen LogP contribution >= 0.6 is 12.2 Å². The monoisotopic (exact) mass is 379 g/mol. The van der Waals surface area contributed by atoms with Crippen molar-refractivity contribution in [1.29, 1.82) is 0 Å². The lowest BCUT2D eigenvalue weighted by atomic mass is 10.2. The summed E-state index contributed by atoms with van der Waals surface area (Å²) < 4.78 is 32.9. The van der Waals surface area contributed by atoms with E-state index < -0.39 is 10.0 Å². The summed E-state index contributed by atoms with van der Waals surface area (Å²) in [5.41, 5.74) is 1.75. The first-order chi connectivity index (χ1) is 11.9. The summed E-state index contributed by atoms with van der Waals surface area (Å²) >= 11 is 5.18. The van der Waals surface area contributed by atoms with Crippen LogP contribution in [0.1, 0.15) is 5.56 Å². The number of aryl methyl sites for hydroxylation is 1. The van der Waals surface area contributed by atoms with Crippen LogP contribution in [0.15, 0.2) is 53.4 Å². The van der Waals surface area contributed by atoms with E-state index in [0.29, 0.717) is 35.2 Å². The number of thiocarbonyl (C=S) groups is 1. The fourth-order valence-corrected chi connectivity index (χ4v) is 3.68. The second kappa shape index (κ2) is 8.80. The highest BCUT2D eigenvalue weighted by molar-refractivity contribution is 7.92. The van der Waals surface area contributed by atoms with Crippen LogP contribution in [0.5, 0.6) is 0 Å². The minimum Gasteiger partial charge on any atom is -0.383 e. The molecule has 0 aromatic heterocycles. The van der Waals surface area contributed by atoms with Crippen molar-refractivity contribution in [3.63, 3.8) is 0 Å². The fourth-order valence-electron chi connectivity index (χ4n) is 2.13. The van der Waals surface area contributed by atoms with Crippen LogP contribution in [0, 0.1) is 6.92 Å². The number of ether oxygens (including phenoxy) is 1. The molecule has 0 spiro atoms. The Balaban J connectivity index is 2.16. The predicted molar refractivity (Wildman–Crippen MR) is 105 cm³/mol. The molecule has 0 unspecified atom stereocenters. The molecular weight excluding hydrogens is 358 g/mol. The van der Waals surface area contributed by atoms with Crippen molar-refractivity contribution in [1.82, 2.24) is 5.32 Å². The van der Waals surface area contributed by atoms with Gasteiger partial charge >= 0.3 is 0 Å². The Kier molecular flexibility index (Phi) is 6.74. The molecule has 0 atom stereocenters. The van der Waals surface area contributed by atoms with E-state index in [4.69, 9.17) is 17.0 Å². The average molecular weight is 380 g/mol. The maximum absolute atomic E-state index is 12.7. The molecule has 0 aliphatic carbocycles. The van der Waals surface area contributed by atoms with Crippen molar-refractivity contribution in [2.75, 3.05) is 30.3 Å². The van der Waals surface area contributed by atoms with E-state index in [2.05, 4.69) is 15.4 Å². The molecule has 8 heteroatoms. The minimum atomic E-state index is -3.70. The van der Waals surface area contributed by atoms with Crippen LogP contribution < -0.4 is 15.4 Å². The van der Waals surface area contributed by atoms with Gasteiger partial charge in [-0.05, 0) is 49.0 Å². The van der Waals surface area contributed by atoms with Gasteiger partial charge in [0, 0.05) is 25.0 Å². The van der Waals surface area contributed by atoms with Gasteiger partial charge in [-0.2, -0.15) is 0 Å². The van der Waals surface area contributed by atoms with Crippen molar-refractivity contribution >= 4 is 38.7 Å². The van der Waals surface area contributed by atoms with Crippen molar-refractivity contribution in [3.8, 4) is 0 Å². The lowest BCUT2D eigenvalue weighted by molar-refractivity contribution is 0.204. The summed E-state index contributed by atoms with van der Waals surface area (Å²) in [6.07, 6.45) is 0. The number of sulfonamides is 1. The molecule has 0 bridgehead atoms. The Hall–Kier alpha value is -2.16. The molecule has 0 heterocycles. The summed E-state index contributed by atoms with van der Waals surface area (Å²) in [5.74, 6) is 0. The summed E-state index contributed by atoms with van der Waals surface area (Å²) in [6.45, 7) is 2.84. The van der Waals surface area contributed by atoms with Gasteiger partial charge in [-0.25, -0.2) is 8.42 Å². The first-order valence-corrected chi connectivity index (χ1v) is 9.54. The molecule has 3 N–H and O–H groups in total. The summed E-state index contributed by atoms with van der Waals surface area (Å²) in [5, 5.41) is 6.35. The number of nitrogens with one attached hydrogen (secondary N) is 3. The van der Waals surface area contributed by atoms with E-state index in [1.165, 1.54) is 0 Å². The molecule has 2 rings (SSSR count). The highest BCUT2D eigenvalue weighted by Gasteiger charge is 2.17. The molecule has 134 valence electrons. The van der Waals surface area contributed by atoms with Gasteiger partial charge in [0.1, 0.15) is 0 Å². The lowest BCUT2D eigenvalue weighted by Gasteiger charge is -2.14. The number of hydrogen-bond donors (Lipinski definition) is 3. The first kappa shape index (κ1) is 19.2. The van der Waals surface area contributed by atoms with Crippen LogP contribution in [0.2, 0.25) is 0 Å². The van der Waals surface area contributed by atoms with Gasteiger partial charge in [-0.3, -0.25) is 4.72 Å². The summed E-state index contributed by atoms with van der Waals surface area (Å²) in [4.78, 5) is 0.195. The van der Waals surface area contributed by atoms with Gasteiger partial charge in [-0.15, -0.1) is 0 Å². The Bertz CT molecular complexity index is 824. The van der Waals surface area contributed by atoms with Gasteiger partial charge in [0.25, 0.3) is 10.0 Å². The number of para-hydroxylation sites is 1. The van der Waals surface area contributed by atoms with Crippen molar-refractivity contribution in [2.24, 2.45) is 0 Å². The lowest BCUT2D eigenvalue weighted by Crippen LogP contribution is -2.31. The van der Waals surface area contributed by atoms with Crippen molar-refractivity contribution < 1.29 is 13.2 Å². The SMILES string of the molecule is COCCNC(=S)Nc1ccc(C)c(S(=O)(=O)Nc2ccccc2)c1. The van der Waals surface area contributed by atoms with Crippen LogP contribution in [0.4, 0.5) is 11.4 Å². The van der Waals surface area contributed by atoms with Gasteiger partial charge in [-0.1, -0.05) is 24.3 Å². The highest BCUT2D eigenvalue weighted by Crippen LogP contribution is 2.22. The van der Waals surface area contributed by atoms with Crippen LogP contribution in [-0.4, -0.2) is 33.8 Å². The van der Waals surface area contributed by atoms with Gasteiger partial charge < -0.3 is 15.4 Å². The van der Waals surface area contributed by atoms with Crippen LogP contribution in [0.25, 0.3) is 0 Å². The number of rotatable bonds is 7. The largest absolute Gasteiger partial charge is 0.383 e. The van der Waals surface area contributed by atoms with E-state index in [1.54, 1.807) is 56.5 Å². The fraction of sp³-hybridized carbons (Fsp3) is 0.235. The molecule has 0 amide bonds. The normalized spacial score (nSPS) is 11.0. The molecule has 2 aromatic carbocycles. The van der Waals surface area contributed by atoms with E-state index in [0.717, 1.165) is 0 Å². The minimum absolute atomic E-state index is 0.195. The second-order valence-corrected chi connectivity index (χ2v) is 7.38. The van der Waals surface area contributed by atoms with E-state index in [9.17, 15) is 8.42 Å². The van der Waals surface area contributed by atoms with E-state index in [-0.39, 0.29) is 4.90 Å². The van der Waals surface area contributed by atoms with Gasteiger partial charge in [0.2, 0.25) is 0 Å². The Morgan fingerprint density at radius 2 is 1.84 bits per heavy atom. The number of benzene rings is 2.